The molecule has 240 valence electrons. The summed E-state index contributed by atoms with van der Waals surface area (Å²) in [5.74, 6) is -2.12. The molecule has 10 atom stereocenters. The van der Waals surface area contributed by atoms with Gasteiger partial charge in [-0.3, -0.25) is 18.5 Å². The van der Waals surface area contributed by atoms with E-state index in [1.165, 1.54) is 30.6 Å². The first-order valence-corrected chi connectivity index (χ1v) is 16.4. The van der Waals surface area contributed by atoms with Crippen LogP contribution in [0.4, 0.5) is 10.2 Å². The minimum absolute atomic E-state index is 0.0273. The number of hydrogen-bond acceptors (Lipinski definition) is 14. The van der Waals surface area contributed by atoms with Crippen molar-refractivity contribution >= 4 is 38.1 Å². The van der Waals surface area contributed by atoms with Crippen molar-refractivity contribution in [2.75, 3.05) is 24.9 Å². The standard InChI is InChI=1S/C23H29FN6O12P2/c24-14-16(31)12(42-23(14)30-8-29-15-20(25)27-7-28-22(15)30)5-39-43(35,36)9-44(37,38)40-6-13-17(32)18(33)19(41-13)10-2-1-3-11(4-10)21(26)34/h1-4,7-8,12-14,16-19,23,31-33H,5-6,9H2,(H2,26,34)(H,35,36)(H,37,38)(H2,25,27,28)/t12-,13+,14+,16-,17+,18+,19-,23-/m0/s1. The first-order chi connectivity index (χ1) is 20.7. The van der Waals surface area contributed by atoms with Crippen molar-refractivity contribution in [1.82, 2.24) is 19.5 Å². The van der Waals surface area contributed by atoms with Crippen molar-refractivity contribution in [3.8, 4) is 0 Å². The molecular formula is C23H29FN6O12P2. The van der Waals surface area contributed by atoms with Gasteiger partial charge in [-0.05, 0) is 17.7 Å². The SMILES string of the molecule is NC(=O)c1cccc([C@@H]2O[C@H](COP(=O)(O)CP(=O)(O)OC[C@@H]3O[C@H](n4cnc5c(N)ncnc54)[C@H](F)[C@H]3O)[C@@H](O)[C@H]2O)c1. The van der Waals surface area contributed by atoms with Crippen LogP contribution in [0.25, 0.3) is 11.2 Å². The van der Waals surface area contributed by atoms with E-state index in [1.54, 1.807) is 0 Å². The van der Waals surface area contributed by atoms with E-state index in [1.807, 2.05) is 0 Å². The number of benzene rings is 1. The number of fused-ring (bicyclic) bond motifs is 1. The van der Waals surface area contributed by atoms with Crippen molar-refractivity contribution in [3.63, 3.8) is 0 Å². The van der Waals surface area contributed by atoms with Crippen LogP contribution in [0.2, 0.25) is 0 Å². The molecule has 44 heavy (non-hydrogen) atoms. The number of nitrogens with two attached hydrogens (primary N) is 2. The zero-order valence-electron chi connectivity index (χ0n) is 22.5. The second-order valence-corrected chi connectivity index (χ2v) is 14.4. The Balaban J connectivity index is 1.16. The van der Waals surface area contributed by atoms with E-state index < -0.39 is 89.2 Å². The number of nitrogens with zero attached hydrogens (tertiary/aromatic N) is 4. The van der Waals surface area contributed by atoms with Gasteiger partial charge < -0.3 is 55.1 Å². The molecule has 0 radical (unpaired) electrons. The van der Waals surface area contributed by atoms with Crippen molar-refractivity contribution in [2.45, 2.75) is 49.0 Å². The third kappa shape index (κ3) is 6.68. The Morgan fingerprint density at radius 3 is 2.32 bits per heavy atom. The van der Waals surface area contributed by atoms with Crippen LogP contribution in [0.1, 0.15) is 28.3 Å². The van der Waals surface area contributed by atoms with E-state index in [9.17, 15) is 43.4 Å². The minimum atomic E-state index is -4.91. The highest BCUT2D eigenvalue weighted by atomic mass is 31.2. The van der Waals surface area contributed by atoms with Gasteiger partial charge in [0, 0.05) is 5.56 Å². The van der Waals surface area contributed by atoms with Gasteiger partial charge in [-0.1, -0.05) is 12.1 Å². The van der Waals surface area contributed by atoms with Crippen molar-refractivity contribution in [2.24, 2.45) is 5.73 Å². The highest BCUT2D eigenvalue weighted by Crippen LogP contribution is 2.58. The molecule has 2 aliphatic rings. The van der Waals surface area contributed by atoms with Crippen LogP contribution in [0, 0.1) is 0 Å². The number of anilines is 1. The summed E-state index contributed by atoms with van der Waals surface area (Å²) < 4.78 is 62.2. The maximum atomic E-state index is 15.0. The first kappa shape index (κ1) is 32.5. The van der Waals surface area contributed by atoms with Gasteiger partial charge in [0.25, 0.3) is 0 Å². The predicted molar refractivity (Wildman–Crippen MR) is 146 cm³/mol. The average molecular weight is 662 g/mol. The number of aliphatic hydroxyl groups excluding tert-OH is 3. The van der Waals surface area contributed by atoms with Gasteiger partial charge >= 0.3 is 15.2 Å². The Morgan fingerprint density at radius 2 is 1.66 bits per heavy atom. The Bertz CT molecular complexity index is 1630. The summed E-state index contributed by atoms with van der Waals surface area (Å²) >= 11 is 0. The average Bonchev–Trinajstić information content (AvgIpc) is 3.61. The number of ether oxygens (including phenoxy) is 2. The molecule has 2 unspecified atom stereocenters. The van der Waals surface area contributed by atoms with E-state index in [-0.39, 0.29) is 22.5 Å². The van der Waals surface area contributed by atoms with E-state index >= 15 is 0 Å². The fourth-order valence-corrected chi connectivity index (χ4v) is 8.06. The normalized spacial score (nSPS) is 31.6. The van der Waals surface area contributed by atoms with Crippen LogP contribution in [0.3, 0.4) is 0 Å². The molecule has 2 saturated heterocycles. The van der Waals surface area contributed by atoms with Crippen molar-refractivity contribution in [3.05, 3.63) is 48.0 Å². The molecule has 2 fully saturated rings. The number of nitrogen functional groups attached to an aromatic ring is 1. The molecular weight excluding hydrogens is 633 g/mol. The number of hydrogen-bond donors (Lipinski definition) is 7. The summed E-state index contributed by atoms with van der Waals surface area (Å²) in [6.07, 6.45) is -10.1. The molecule has 4 heterocycles. The molecule has 0 spiro atoms. The summed E-state index contributed by atoms with van der Waals surface area (Å²) in [4.78, 5) is 43.7. The monoisotopic (exact) mass is 662 g/mol. The lowest BCUT2D eigenvalue weighted by molar-refractivity contribution is -0.0425. The zero-order valence-corrected chi connectivity index (χ0v) is 24.3. The summed E-state index contributed by atoms with van der Waals surface area (Å²) in [6, 6.07) is 5.77. The molecule has 21 heteroatoms. The molecule has 0 saturated carbocycles. The first-order valence-electron chi connectivity index (χ1n) is 12.9. The largest absolute Gasteiger partial charge is 0.387 e. The quantitative estimate of drug-likeness (QED) is 0.125. The lowest BCUT2D eigenvalue weighted by Crippen LogP contribution is -2.33. The molecule has 3 aromatic rings. The summed E-state index contributed by atoms with van der Waals surface area (Å²) in [5, 5.41) is 31.1. The van der Waals surface area contributed by atoms with E-state index in [0.29, 0.717) is 5.56 Å². The number of alkyl halides is 1. The number of aromatic nitrogens is 4. The number of amides is 1. The minimum Gasteiger partial charge on any atom is -0.387 e. The van der Waals surface area contributed by atoms with Gasteiger partial charge in [0.05, 0.1) is 19.5 Å². The molecule has 1 amide bonds. The number of primary amides is 1. The Kier molecular flexibility index (Phi) is 9.19. The lowest BCUT2D eigenvalue weighted by Gasteiger charge is -2.21. The zero-order chi connectivity index (χ0) is 32.0. The van der Waals surface area contributed by atoms with Crippen LogP contribution in [0.15, 0.2) is 36.9 Å². The molecule has 5 rings (SSSR count). The fraction of sp³-hybridized carbons (Fsp3) is 0.478. The number of imidazole rings is 1. The molecule has 0 aliphatic carbocycles. The second-order valence-electron chi connectivity index (χ2n) is 10.2. The highest BCUT2D eigenvalue weighted by molar-refractivity contribution is 7.70. The summed E-state index contributed by atoms with van der Waals surface area (Å²) in [6.45, 7) is -1.63. The topological polar surface area (TPSA) is 285 Å². The molecule has 9 N–H and O–H groups in total. The van der Waals surface area contributed by atoms with Gasteiger partial charge in [0.1, 0.15) is 48.5 Å². The maximum absolute atomic E-state index is 15.0. The third-order valence-electron chi connectivity index (χ3n) is 7.06. The van der Waals surface area contributed by atoms with E-state index in [2.05, 4.69) is 15.0 Å². The van der Waals surface area contributed by atoms with Gasteiger partial charge in [0.15, 0.2) is 29.8 Å². The molecule has 2 aromatic heterocycles. The smallest absolute Gasteiger partial charge is 0.340 e. The van der Waals surface area contributed by atoms with Gasteiger partial charge in [-0.2, -0.15) is 0 Å². The number of carbonyl (C=O) groups excluding carboxylic acids is 1. The fourth-order valence-electron chi connectivity index (χ4n) is 4.84. The van der Waals surface area contributed by atoms with Gasteiger partial charge in [0.2, 0.25) is 5.91 Å². The third-order valence-corrected chi connectivity index (χ3v) is 11.0. The Morgan fingerprint density at radius 1 is 1.00 bits per heavy atom. The molecule has 0 bridgehead atoms. The van der Waals surface area contributed by atoms with Crippen molar-refractivity contribution in [1.29, 1.82) is 0 Å². The number of halogens is 1. The van der Waals surface area contributed by atoms with Crippen LogP contribution < -0.4 is 11.5 Å². The lowest BCUT2D eigenvalue weighted by atomic mass is 10.00. The maximum Gasteiger partial charge on any atom is 0.340 e. The van der Waals surface area contributed by atoms with Crippen LogP contribution in [0.5, 0.6) is 0 Å². The Hall–Kier alpha value is -2.93. The second kappa shape index (κ2) is 12.5. The number of carbonyl (C=O) groups is 1. The summed E-state index contributed by atoms with van der Waals surface area (Å²) in [7, 11) is -9.79. The van der Waals surface area contributed by atoms with E-state index in [4.69, 9.17) is 30.0 Å². The predicted octanol–water partition coefficient (Wildman–Crippen LogP) is -0.673. The molecule has 1 aromatic carbocycles. The number of aliphatic hydroxyl groups is 3. The van der Waals surface area contributed by atoms with Gasteiger partial charge in [-0.25, -0.2) is 19.3 Å². The van der Waals surface area contributed by atoms with Crippen LogP contribution >= 0.6 is 15.2 Å². The Labute approximate surface area is 247 Å². The summed E-state index contributed by atoms with van der Waals surface area (Å²) in [5.41, 5.74) is 11.7. The number of rotatable bonds is 11. The van der Waals surface area contributed by atoms with Crippen LogP contribution in [-0.2, 0) is 27.7 Å². The van der Waals surface area contributed by atoms with E-state index in [0.717, 1.165) is 10.9 Å². The molecule has 18 nitrogen and oxygen atoms in total. The van der Waals surface area contributed by atoms with Crippen molar-refractivity contribution < 1.29 is 61.9 Å². The van der Waals surface area contributed by atoms with Gasteiger partial charge in [-0.15, -0.1) is 0 Å². The molecule has 2 aliphatic heterocycles. The highest BCUT2D eigenvalue weighted by Gasteiger charge is 2.48. The van der Waals surface area contributed by atoms with Crippen LogP contribution in [-0.4, -0.2) is 106 Å².